The number of hydrogen-bond donors (Lipinski definition) is 0. The molecule has 0 saturated carbocycles. The molecule has 1 nitrogen and oxygen atoms in total. The molecule has 76 valence electrons. The van der Waals surface area contributed by atoms with E-state index in [1.165, 1.54) is 20.3 Å². The Balaban J connectivity index is 2.55. The maximum atomic E-state index is 5.89. The molecule has 1 aliphatic heterocycles. The zero-order chi connectivity index (χ0) is 10.3. The minimum Gasteiger partial charge on any atom is -0.489 e. The van der Waals surface area contributed by atoms with Gasteiger partial charge in [0.25, 0.3) is 0 Å². The smallest absolute Gasteiger partial charge is 0.136 e. The van der Waals surface area contributed by atoms with Gasteiger partial charge in [-0.1, -0.05) is 6.07 Å². The molecule has 0 bridgehead atoms. The van der Waals surface area contributed by atoms with E-state index in [9.17, 15) is 0 Å². The van der Waals surface area contributed by atoms with Crippen LogP contribution in [-0.2, 0) is 6.42 Å². The third-order valence-corrected chi connectivity index (χ3v) is 4.24. The van der Waals surface area contributed by atoms with Gasteiger partial charge in [-0.15, -0.1) is 0 Å². The van der Waals surface area contributed by atoms with Gasteiger partial charge in [0.05, 0.1) is 9.67 Å². The van der Waals surface area contributed by atoms with Crippen molar-refractivity contribution in [2.45, 2.75) is 39.7 Å². The zero-order valence-electron chi connectivity index (χ0n) is 8.86. The fourth-order valence-electron chi connectivity index (χ4n) is 1.85. The number of aryl methyl sites for hydroxylation is 2. The Hall–Kier alpha value is -0.250. The summed E-state index contributed by atoms with van der Waals surface area (Å²) in [6.07, 6.45) is 2.68. The molecule has 0 fully saturated rings. The predicted octanol–water partition coefficient (Wildman–Crippen LogP) is 3.62. The lowest BCUT2D eigenvalue weighted by molar-refractivity contribution is 0.190. The Morgan fingerprint density at radius 3 is 2.86 bits per heavy atom. The zero-order valence-corrected chi connectivity index (χ0v) is 11.0. The molecule has 1 aromatic carbocycles. The standard InChI is InChI=1S/C12H15IO/c1-7-6-10-5-4-8(2)14-12(10)11(13)9(7)3/h6,8H,4-5H2,1-3H3. The third-order valence-electron chi connectivity index (χ3n) is 2.94. The Kier molecular flexibility index (Phi) is 2.73. The summed E-state index contributed by atoms with van der Waals surface area (Å²) in [5, 5.41) is 0. The van der Waals surface area contributed by atoms with E-state index in [-0.39, 0.29) is 0 Å². The minimum atomic E-state index is 0.373. The summed E-state index contributed by atoms with van der Waals surface area (Å²) in [6.45, 7) is 6.49. The molecular weight excluding hydrogens is 287 g/mol. The van der Waals surface area contributed by atoms with Crippen LogP contribution in [0.4, 0.5) is 0 Å². The lowest BCUT2D eigenvalue weighted by Crippen LogP contribution is -2.20. The van der Waals surface area contributed by atoms with Gasteiger partial charge in [-0.05, 0) is 72.9 Å². The van der Waals surface area contributed by atoms with Crippen LogP contribution in [0.3, 0.4) is 0 Å². The summed E-state index contributed by atoms with van der Waals surface area (Å²) in [7, 11) is 0. The van der Waals surface area contributed by atoms with Crippen molar-refractivity contribution in [3.05, 3.63) is 26.3 Å². The first-order valence-electron chi connectivity index (χ1n) is 5.05. The predicted molar refractivity (Wildman–Crippen MR) is 67.0 cm³/mol. The van der Waals surface area contributed by atoms with Crippen LogP contribution >= 0.6 is 22.6 Å². The van der Waals surface area contributed by atoms with Gasteiger partial charge in [0.15, 0.2) is 0 Å². The van der Waals surface area contributed by atoms with E-state index in [4.69, 9.17) is 4.74 Å². The van der Waals surface area contributed by atoms with Crippen molar-refractivity contribution in [3.63, 3.8) is 0 Å². The van der Waals surface area contributed by atoms with Crippen LogP contribution in [-0.4, -0.2) is 6.10 Å². The Morgan fingerprint density at radius 2 is 2.14 bits per heavy atom. The normalized spacial score (nSPS) is 20.1. The van der Waals surface area contributed by atoms with Crippen molar-refractivity contribution in [2.75, 3.05) is 0 Å². The Bertz CT molecular complexity index is 371. The summed E-state index contributed by atoms with van der Waals surface area (Å²) in [6, 6.07) is 2.28. The molecule has 1 unspecified atom stereocenters. The van der Waals surface area contributed by atoms with Gasteiger partial charge in [0, 0.05) is 0 Å². The van der Waals surface area contributed by atoms with E-state index in [0.29, 0.717) is 6.10 Å². The molecule has 14 heavy (non-hydrogen) atoms. The highest BCUT2D eigenvalue weighted by molar-refractivity contribution is 14.1. The number of hydrogen-bond acceptors (Lipinski definition) is 1. The van der Waals surface area contributed by atoms with Crippen molar-refractivity contribution in [2.24, 2.45) is 0 Å². The van der Waals surface area contributed by atoms with E-state index in [1.54, 1.807) is 0 Å². The van der Waals surface area contributed by atoms with Crippen LogP contribution < -0.4 is 4.74 Å². The second-order valence-electron chi connectivity index (χ2n) is 4.09. The van der Waals surface area contributed by atoms with Crippen molar-refractivity contribution in [3.8, 4) is 5.75 Å². The molecule has 0 aliphatic carbocycles. The number of rotatable bonds is 0. The monoisotopic (exact) mass is 302 g/mol. The Labute approximate surface area is 99.0 Å². The van der Waals surface area contributed by atoms with Crippen molar-refractivity contribution in [1.29, 1.82) is 0 Å². The molecule has 0 aromatic heterocycles. The molecule has 2 heteroatoms. The topological polar surface area (TPSA) is 9.23 Å². The molecule has 0 N–H and O–H groups in total. The van der Waals surface area contributed by atoms with E-state index in [2.05, 4.69) is 49.4 Å². The van der Waals surface area contributed by atoms with Crippen LogP contribution in [0.2, 0.25) is 0 Å². The van der Waals surface area contributed by atoms with Crippen LogP contribution in [0, 0.1) is 17.4 Å². The van der Waals surface area contributed by atoms with Gasteiger partial charge >= 0.3 is 0 Å². The number of ether oxygens (including phenoxy) is 1. The molecule has 0 radical (unpaired) electrons. The van der Waals surface area contributed by atoms with Gasteiger partial charge in [-0.3, -0.25) is 0 Å². The maximum absolute atomic E-state index is 5.89. The first-order valence-corrected chi connectivity index (χ1v) is 6.12. The SMILES string of the molecule is Cc1cc2c(c(I)c1C)OC(C)CC2. The summed E-state index contributed by atoms with van der Waals surface area (Å²) >= 11 is 2.40. The summed E-state index contributed by atoms with van der Waals surface area (Å²) in [5.41, 5.74) is 4.13. The van der Waals surface area contributed by atoms with E-state index >= 15 is 0 Å². The first kappa shape index (κ1) is 10.3. The van der Waals surface area contributed by atoms with Gasteiger partial charge in [-0.25, -0.2) is 0 Å². The summed E-state index contributed by atoms with van der Waals surface area (Å²) in [4.78, 5) is 0. The molecule has 0 spiro atoms. The van der Waals surface area contributed by atoms with Crippen molar-refractivity contribution in [1.82, 2.24) is 0 Å². The van der Waals surface area contributed by atoms with Crippen LogP contribution in [0.25, 0.3) is 0 Å². The van der Waals surface area contributed by atoms with Gasteiger partial charge < -0.3 is 4.74 Å². The van der Waals surface area contributed by atoms with Crippen molar-refractivity contribution < 1.29 is 4.74 Å². The summed E-state index contributed by atoms with van der Waals surface area (Å²) < 4.78 is 7.19. The maximum Gasteiger partial charge on any atom is 0.136 e. The molecule has 0 amide bonds. The third kappa shape index (κ3) is 1.64. The van der Waals surface area contributed by atoms with Crippen LogP contribution in [0.5, 0.6) is 5.75 Å². The highest BCUT2D eigenvalue weighted by atomic mass is 127. The van der Waals surface area contributed by atoms with E-state index in [0.717, 1.165) is 18.6 Å². The second-order valence-corrected chi connectivity index (χ2v) is 5.17. The quantitative estimate of drug-likeness (QED) is 0.665. The van der Waals surface area contributed by atoms with Gasteiger partial charge in [0.1, 0.15) is 5.75 Å². The van der Waals surface area contributed by atoms with E-state index < -0.39 is 0 Å². The molecular formula is C12H15IO. The molecule has 0 saturated heterocycles. The second kappa shape index (κ2) is 3.72. The fraction of sp³-hybridized carbons (Fsp3) is 0.500. The molecule has 1 aromatic rings. The molecule has 2 rings (SSSR count). The van der Waals surface area contributed by atoms with Crippen LogP contribution in [0.1, 0.15) is 30.0 Å². The number of benzene rings is 1. The molecule has 1 heterocycles. The van der Waals surface area contributed by atoms with Crippen LogP contribution in [0.15, 0.2) is 6.07 Å². The average Bonchev–Trinajstić information content (AvgIpc) is 2.16. The minimum absolute atomic E-state index is 0.373. The lowest BCUT2D eigenvalue weighted by atomic mass is 9.98. The lowest BCUT2D eigenvalue weighted by Gasteiger charge is -2.25. The number of halogens is 1. The van der Waals surface area contributed by atoms with Gasteiger partial charge in [-0.2, -0.15) is 0 Å². The first-order chi connectivity index (χ1) is 6.59. The molecule has 1 atom stereocenters. The van der Waals surface area contributed by atoms with Gasteiger partial charge in [0.2, 0.25) is 0 Å². The summed E-state index contributed by atoms with van der Waals surface area (Å²) in [5.74, 6) is 1.13. The largest absolute Gasteiger partial charge is 0.489 e. The number of fused-ring (bicyclic) bond motifs is 1. The highest BCUT2D eigenvalue weighted by Crippen LogP contribution is 2.35. The van der Waals surface area contributed by atoms with Crippen molar-refractivity contribution >= 4 is 22.6 Å². The average molecular weight is 302 g/mol. The highest BCUT2D eigenvalue weighted by Gasteiger charge is 2.20. The fourth-order valence-corrected chi connectivity index (χ4v) is 2.75. The Morgan fingerprint density at radius 1 is 1.43 bits per heavy atom. The van der Waals surface area contributed by atoms with E-state index in [1.807, 2.05) is 0 Å². The molecule has 1 aliphatic rings.